The van der Waals surface area contributed by atoms with Gasteiger partial charge < -0.3 is 47.0 Å². The quantitative estimate of drug-likeness (QED) is 0.109. The molecule has 5 rings (SSSR count). The average molecular weight is 812 g/mol. The molecule has 15 heteroatoms. The fraction of sp³-hybridized carbons (Fsp3) is 0.455. The van der Waals surface area contributed by atoms with Gasteiger partial charge >= 0.3 is 12.2 Å². The first-order valence-corrected chi connectivity index (χ1v) is 20.2. The van der Waals surface area contributed by atoms with Gasteiger partial charge in [-0.05, 0) is 84.7 Å². The maximum absolute atomic E-state index is 13.9. The molecule has 2 saturated heterocycles. The lowest BCUT2D eigenvalue weighted by Gasteiger charge is -2.38. The number of carboxylic acid groups (broad SMARTS) is 2. The standard InChI is InChI=1S/C44H57N7O8/c1-28(2)24-35(47-41(56)57)37(52)50-22-8-20-43(50,39(45)54)32-16-12-30(13-17-32)26-49(34-10-6-5-7-11-34)27-31-14-18-33(19-15-31)44(40(46)55)21-9-23-51(44)38(53)36(25-29(3)4)48-42(58)59/h5-7,10-19,28-29,35-36,47-48H,8-9,20-27H2,1-4H3,(H2,45,54)(H2,46,55)(H,56,57)(H,58,59)/t35-,36-,43-,44-/m0/s1. The molecule has 4 atom stereocenters. The summed E-state index contributed by atoms with van der Waals surface area (Å²) in [5, 5.41) is 23.6. The van der Waals surface area contributed by atoms with Crippen molar-refractivity contribution in [1.82, 2.24) is 20.4 Å². The van der Waals surface area contributed by atoms with E-state index in [1.807, 2.05) is 82.3 Å². The normalized spacial score (nSPS) is 20.0. The Hall–Kier alpha value is -6.12. The minimum Gasteiger partial charge on any atom is -0.465 e. The van der Waals surface area contributed by atoms with Crippen LogP contribution in [0.5, 0.6) is 0 Å². The van der Waals surface area contributed by atoms with Crippen molar-refractivity contribution in [1.29, 1.82) is 0 Å². The molecule has 3 aromatic rings. The third-order valence-electron chi connectivity index (χ3n) is 11.4. The largest absolute Gasteiger partial charge is 0.465 e. The van der Waals surface area contributed by atoms with Gasteiger partial charge in [-0.2, -0.15) is 0 Å². The van der Waals surface area contributed by atoms with Gasteiger partial charge in [-0.3, -0.25) is 19.2 Å². The molecule has 0 unspecified atom stereocenters. The van der Waals surface area contributed by atoms with E-state index in [4.69, 9.17) is 11.5 Å². The Morgan fingerprint density at radius 3 is 1.32 bits per heavy atom. The Kier molecular flexibility index (Phi) is 13.9. The van der Waals surface area contributed by atoms with Gasteiger partial charge in [0.05, 0.1) is 0 Å². The van der Waals surface area contributed by atoms with Crippen LogP contribution >= 0.6 is 0 Å². The van der Waals surface area contributed by atoms with Crippen LogP contribution in [0.15, 0.2) is 78.9 Å². The lowest BCUT2D eigenvalue weighted by molar-refractivity contribution is -0.146. The van der Waals surface area contributed by atoms with Gasteiger partial charge in [0, 0.05) is 31.9 Å². The van der Waals surface area contributed by atoms with Crippen molar-refractivity contribution < 1.29 is 39.0 Å². The molecule has 316 valence electrons. The molecule has 6 amide bonds. The second kappa shape index (κ2) is 18.6. The summed E-state index contributed by atoms with van der Waals surface area (Å²) in [6, 6.07) is 22.6. The highest BCUT2D eigenvalue weighted by molar-refractivity contribution is 5.96. The second-order valence-corrected chi connectivity index (χ2v) is 16.5. The number of carbonyl (C=O) groups is 6. The summed E-state index contributed by atoms with van der Waals surface area (Å²) >= 11 is 0. The third-order valence-corrected chi connectivity index (χ3v) is 11.4. The van der Waals surface area contributed by atoms with Gasteiger partial charge in [0.1, 0.15) is 23.2 Å². The number of nitrogens with zero attached hydrogens (tertiary/aromatic N) is 3. The van der Waals surface area contributed by atoms with Crippen LogP contribution in [0.2, 0.25) is 0 Å². The molecule has 2 aliphatic rings. The summed E-state index contributed by atoms with van der Waals surface area (Å²) < 4.78 is 0. The Morgan fingerprint density at radius 1 is 0.627 bits per heavy atom. The van der Waals surface area contributed by atoms with Gasteiger partial charge in [0.25, 0.3) is 0 Å². The van der Waals surface area contributed by atoms with E-state index in [0.717, 1.165) is 16.8 Å². The number of rotatable bonds is 17. The molecule has 2 heterocycles. The van der Waals surface area contributed by atoms with Crippen LogP contribution in [-0.2, 0) is 43.3 Å². The van der Waals surface area contributed by atoms with Crippen LogP contribution in [-0.4, -0.2) is 81.0 Å². The van der Waals surface area contributed by atoms with Crippen molar-refractivity contribution in [3.8, 4) is 0 Å². The van der Waals surface area contributed by atoms with Gasteiger partial charge in [-0.1, -0.05) is 94.4 Å². The molecule has 3 aromatic carbocycles. The Labute approximate surface area is 345 Å². The summed E-state index contributed by atoms with van der Waals surface area (Å²) in [6.45, 7) is 9.00. The van der Waals surface area contributed by atoms with Crippen LogP contribution in [0.3, 0.4) is 0 Å². The zero-order valence-corrected chi connectivity index (χ0v) is 34.2. The van der Waals surface area contributed by atoms with E-state index in [0.29, 0.717) is 49.9 Å². The zero-order valence-electron chi connectivity index (χ0n) is 34.2. The molecule has 0 bridgehead atoms. The SMILES string of the molecule is CC(C)C[C@H](NC(=O)O)C(=O)N1CCC[C@@]1(C(N)=O)c1ccc(CN(Cc2ccc([C@]3(C(N)=O)CCCN3C(=O)[C@H](CC(C)C)NC(=O)O)cc2)c2ccccc2)cc1. The van der Waals surface area contributed by atoms with Crippen molar-refractivity contribution in [3.63, 3.8) is 0 Å². The number of amides is 6. The molecule has 2 aliphatic heterocycles. The molecular formula is C44H57N7O8. The number of nitrogens with two attached hydrogens (primary N) is 2. The van der Waals surface area contributed by atoms with Crippen molar-refractivity contribution >= 4 is 41.5 Å². The number of likely N-dealkylation sites (tertiary alicyclic amines) is 2. The number of anilines is 1. The van der Waals surface area contributed by atoms with Crippen LogP contribution in [0.4, 0.5) is 15.3 Å². The van der Waals surface area contributed by atoms with E-state index in [1.165, 1.54) is 9.80 Å². The Bertz CT molecular complexity index is 1870. The Balaban J connectivity index is 1.40. The van der Waals surface area contributed by atoms with Crippen molar-refractivity contribution in [3.05, 3.63) is 101 Å². The molecule has 0 spiro atoms. The summed E-state index contributed by atoms with van der Waals surface area (Å²) in [7, 11) is 0. The van der Waals surface area contributed by atoms with Crippen LogP contribution < -0.4 is 27.0 Å². The molecule has 0 aliphatic carbocycles. The molecule has 59 heavy (non-hydrogen) atoms. The van der Waals surface area contributed by atoms with Gasteiger partial charge in [-0.25, -0.2) is 9.59 Å². The number of hydrogen-bond donors (Lipinski definition) is 6. The lowest BCUT2D eigenvalue weighted by atomic mass is 9.85. The van der Waals surface area contributed by atoms with E-state index in [-0.39, 0.29) is 37.8 Å². The van der Waals surface area contributed by atoms with Crippen LogP contribution in [0, 0.1) is 11.8 Å². The second-order valence-electron chi connectivity index (χ2n) is 16.5. The third kappa shape index (κ3) is 9.61. The summed E-state index contributed by atoms with van der Waals surface area (Å²) in [6.07, 6.45) is -0.446. The van der Waals surface area contributed by atoms with E-state index >= 15 is 0 Å². The summed E-state index contributed by atoms with van der Waals surface area (Å²) in [5.74, 6) is -2.30. The summed E-state index contributed by atoms with van der Waals surface area (Å²) in [5.41, 5.74) is 13.1. The smallest absolute Gasteiger partial charge is 0.405 e. The highest BCUT2D eigenvalue weighted by Crippen LogP contribution is 2.41. The topological polar surface area (TPSA) is 229 Å². The van der Waals surface area contributed by atoms with Crippen LogP contribution in [0.25, 0.3) is 0 Å². The predicted molar refractivity (Wildman–Crippen MR) is 222 cm³/mol. The maximum atomic E-state index is 13.9. The first kappa shape index (κ1) is 44.0. The van der Waals surface area contributed by atoms with E-state index in [1.54, 1.807) is 24.3 Å². The molecule has 0 aromatic heterocycles. The van der Waals surface area contributed by atoms with Gasteiger partial charge in [0.15, 0.2) is 0 Å². The van der Waals surface area contributed by atoms with E-state index in [2.05, 4.69) is 15.5 Å². The molecule has 2 fully saturated rings. The molecule has 0 saturated carbocycles. The molecular weight excluding hydrogens is 755 g/mol. The van der Waals surface area contributed by atoms with Gasteiger partial charge in [0.2, 0.25) is 23.6 Å². The van der Waals surface area contributed by atoms with Crippen LogP contribution in [0.1, 0.15) is 88.5 Å². The number of hydrogen-bond acceptors (Lipinski definition) is 7. The number of para-hydroxylation sites is 1. The summed E-state index contributed by atoms with van der Waals surface area (Å²) in [4.78, 5) is 82.6. The molecule has 15 nitrogen and oxygen atoms in total. The fourth-order valence-electron chi connectivity index (χ4n) is 8.78. The van der Waals surface area contributed by atoms with Crippen molar-refractivity contribution in [2.45, 2.75) is 102 Å². The highest BCUT2D eigenvalue weighted by Gasteiger charge is 2.52. The lowest BCUT2D eigenvalue weighted by Crippen LogP contribution is -2.58. The minimum atomic E-state index is -1.43. The number of carbonyl (C=O) groups excluding carboxylic acids is 4. The first-order valence-electron chi connectivity index (χ1n) is 20.2. The number of nitrogens with one attached hydrogen (secondary N) is 2. The maximum Gasteiger partial charge on any atom is 0.405 e. The monoisotopic (exact) mass is 811 g/mol. The first-order chi connectivity index (χ1) is 28.0. The molecule has 8 N–H and O–H groups in total. The zero-order chi connectivity index (χ0) is 43.1. The predicted octanol–water partition coefficient (Wildman–Crippen LogP) is 4.86. The van der Waals surface area contributed by atoms with Crippen molar-refractivity contribution in [2.75, 3.05) is 18.0 Å². The number of primary amides is 2. The van der Waals surface area contributed by atoms with E-state index in [9.17, 15) is 39.0 Å². The van der Waals surface area contributed by atoms with Crippen molar-refractivity contribution in [2.24, 2.45) is 23.3 Å². The highest BCUT2D eigenvalue weighted by atomic mass is 16.4. The fourth-order valence-corrected chi connectivity index (χ4v) is 8.78. The minimum absolute atomic E-state index is 0.0171. The number of benzene rings is 3. The van der Waals surface area contributed by atoms with E-state index < -0.39 is 59.0 Å². The molecule has 0 radical (unpaired) electrons. The Morgan fingerprint density at radius 2 is 1.00 bits per heavy atom. The van der Waals surface area contributed by atoms with Gasteiger partial charge in [-0.15, -0.1) is 0 Å². The average Bonchev–Trinajstić information content (AvgIpc) is 3.84.